The van der Waals surface area contributed by atoms with E-state index in [2.05, 4.69) is 0 Å². The van der Waals surface area contributed by atoms with Gasteiger partial charge in [-0.1, -0.05) is 12.1 Å². The number of amides is 1. The lowest BCUT2D eigenvalue weighted by Crippen LogP contribution is -2.43. The third-order valence-electron chi connectivity index (χ3n) is 5.02. The maximum absolute atomic E-state index is 12.9. The van der Waals surface area contributed by atoms with Crippen molar-refractivity contribution in [3.63, 3.8) is 0 Å². The van der Waals surface area contributed by atoms with Crippen molar-refractivity contribution in [3.8, 4) is 0 Å². The van der Waals surface area contributed by atoms with Crippen molar-refractivity contribution in [1.82, 2.24) is 14.0 Å². The normalized spacial score (nSPS) is 13.7. The first kappa shape index (κ1) is 19.6. The van der Waals surface area contributed by atoms with Crippen molar-refractivity contribution in [2.45, 2.75) is 25.4 Å². The Hall–Kier alpha value is -3.20. The van der Waals surface area contributed by atoms with Crippen LogP contribution in [0.15, 0.2) is 33.9 Å². The Bertz CT molecular complexity index is 1050. The summed E-state index contributed by atoms with van der Waals surface area (Å²) < 4.78 is 1.98. The molecule has 0 unspecified atom stereocenters. The molecule has 1 saturated carbocycles. The van der Waals surface area contributed by atoms with Crippen molar-refractivity contribution in [3.05, 3.63) is 61.8 Å². The molecule has 1 aliphatic rings. The molecule has 0 bridgehead atoms. The number of hydrogen-bond acceptors (Lipinski definition) is 6. The van der Waals surface area contributed by atoms with Gasteiger partial charge >= 0.3 is 5.69 Å². The van der Waals surface area contributed by atoms with Crippen LogP contribution in [0, 0.1) is 0 Å². The molecule has 0 radical (unpaired) electrons. The van der Waals surface area contributed by atoms with E-state index in [0.29, 0.717) is 12.1 Å². The zero-order valence-electron chi connectivity index (χ0n) is 15.8. The highest BCUT2D eigenvalue weighted by Gasteiger charge is 2.32. The molecule has 3 rings (SSSR count). The van der Waals surface area contributed by atoms with E-state index in [9.17, 15) is 19.2 Å². The first-order chi connectivity index (χ1) is 13.2. The number of benzene rings is 1. The van der Waals surface area contributed by atoms with Crippen molar-refractivity contribution < 1.29 is 9.59 Å². The van der Waals surface area contributed by atoms with Crippen LogP contribution in [0.4, 0.5) is 5.82 Å². The number of ketones is 1. The number of hydrogen-bond donors (Lipinski definition) is 2. The Morgan fingerprint density at radius 3 is 2.25 bits per heavy atom. The van der Waals surface area contributed by atoms with Crippen LogP contribution in [0.1, 0.15) is 39.1 Å². The van der Waals surface area contributed by atoms with Gasteiger partial charge in [-0.2, -0.15) is 0 Å². The summed E-state index contributed by atoms with van der Waals surface area (Å²) in [6, 6.07) is 7.12. The SMILES string of the molecule is Cn1c(N)c(C(=O)CN(Cc2ccc(C(N)=O)cc2)C2CC2)c(=O)n(C)c1=O. The second kappa shape index (κ2) is 7.43. The minimum Gasteiger partial charge on any atom is -0.384 e. The summed E-state index contributed by atoms with van der Waals surface area (Å²) in [5.74, 6) is -1.05. The largest absolute Gasteiger partial charge is 0.384 e. The number of primary amides is 1. The Morgan fingerprint density at radius 2 is 1.71 bits per heavy atom. The average molecular weight is 385 g/mol. The van der Waals surface area contributed by atoms with E-state index in [1.165, 1.54) is 14.1 Å². The van der Waals surface area contributed by atoms with Crippen LogP contribution in [-0.4, -0.2) is 38.3 Å². The Kier molecular flexibility index (Phi) is 5.19. The molecular formula is C19H23N5O4. The summed E-state index contributed by atoms with van der Waals surface area (Å²) in [5.41, 5.74) is 11.0. The third-order valence-corrected chi connectivity index (χ3v) is 5.02. The summed E-state index contributed by atoms with van der Waals surface area (Å²) >= 11 is 0. The second-order valence-electron chi connectivity index (χ2n) is 7.09. The molecule has 0 saturated heterocycles. The van der Waals surface area contributed by atoms with Gasteiger partial charge in [0.25, 0.3) is 5.56 Å². The Morgan fingerprint density at radius 1 is 1.11 bits per heavy atom. The van der Waals surface area contributed by atoms with Gasteiger partial charge in [0.2, 0.25) is 5.91 Å². The number of aromatic nitrogens is 2. The summed E-state index contributed by atoms with van der Waals surface area (Å²) in [5, 5.41) is 0. The Balaban J connectivity index is 1.84. The van der Waals surface area contributed by atoms with Gasteiger partial charge in [0.05, 0.1) is 6.54 Å². The molecule has 1 heterocycles. The van der Waals surface area contributed by atoms with Crippen LogP contribution >= 0.6 is 0 Å². The van der Waals surface area contributed by atoms with Crippen LogP contribution in [0.2, 0.25) is 0 Å². The average Bonchev–Trinajstić information content (AvgIpc) is 3.50. The van der Waals surface area contributed by atoms with Crippen LogP contribution in [0.5, 0.6) is 0 Å². The topological polar surface area (TPSA) is 133 Å². The summed E-state index contributed by atoms with van der Waals surface area (Å²) in [6.07, 6.45) is 1.93. The summed E-state index contributed by atoms with van der Waals surface area (Å²) in [4.78, 5) is 50.4. The number of nitrogens with zero attached hydrogens (tertiary/aromatic N) is 3. The van der Waals surface area contributed by atoms with Gasteiger partial charge < -0.3 is 11.5 Å². The number of carbonyl (C=O) groups excluding carboxylic acids is 2. The fraction of sp³-hybridized carbons (Fsp3) is 0.368. The lowest BCUT2D eigenvalue weighted by atomic mass is 10.1. The molecule has 9 nitrogen and oxygen atoms in total. The van der Waals surface area contributed by atoms with Crippen molar-refractivity contribution >= 4 is 17.5 Å². The molecule has 2 aromatic rings. The quantitative estimate of drug-likeness (QED) is 0.624. The van der Waals surface area contributed by atoms with Crippen molar-refractivity contribution in [1.29, 1.82) is 0 Å². The lowest BCUT2D eigenvalue weighted by molar-refractivity contribution is 0.0916. The molecular weight excluding hydrogens is 362 g/mol. The highest BCUT2D eigenvalue weighted by molar-refractivity contribution is 6.01. The smallest absolute Gasteiger partial charge is 0.332 e. The molecule has 4 N–H and O–H groups in total. The molecule has 1 aliphatic carbocycles. The zero-order valence-corrected chi connectivity index (χ0v) is 15.8. The number of rotatable bonds is 7. The number of nitrogen functional groups attached to an aromatic ring is 1. The van der Waals surface area contributed by atoms with Crippen LogP contribution in [0.3, 0.4) is 0 Å². The van der Waals surface area contributed by atoms with Gasteiger partial charge in [-0.3, -0.25) is 28.4 Å². The fourth-order valence-electron chi connectivity index (χ4n) is 3.15. The maximum Gasteiger partial charge on any atom is 0.332 e. The minimum atomic E-state index is -0.688. The summed E-state index contributed by atoms with van der Waals surface area (Å²) in [6.45, 7) is 0.501. The molecule has 1 aromatic carbocycles. The van der Waals surface area contributed by atoms with Crippen LogP contribution in [0.25, 0.3) is 0 Å². The molecule has 28 heavy (non-hydrogen) atoms. The molecule has 0 aliphatic heterocycles. The van der Waals surface area contributed by atoms with E-state index in [-0.39, 0.29) is 24.0 Å². The molecule has 1 aromatic heterocycles. The third kappa shape index (κ3) is 3.74. The molecule has 1 fully saturated rings. The molecule has 9 heteroatoms. The predicted molar refractivity (Wildman–Crippen MR) is 104 cm³/mol. The summed E-state index contributed by atoms with van der Waals surface area (Å²) in [7, 11) is 2.74. The Labute approximate surface area is 161 Å². The van der Waals surface area contributed by atoms with Gasteiger partial charge in [0.1, 0.15) is 11.4 Å². The first-order valence-corrected chi connectivity index (χ1v) is 8.92. The zero-order chi connectivity index (χ0) is 20.6. The molecule has 1 amide bonds. The van der Waals surface area contributed by atoms with Crippen LogP contribution < -0.4 is 22.7 Å². The highest BCUT2D eigenvalue weighted by Crippen LogP contribution is 2.28. The number of anilines is 1. The minimum absolute atomic E-state index is 0.0138. The van der Waals surface area contributed by atoms with E-state index >= 15 is 0 Å². The predicted octanol–water partition coefficient (Wildman–Crippen LogP) is -0.388. The highest BCUT2D eigenvalue weighted by atomic mass is 16.2. The first-order valence-electron chi connectivity index (χ1n) is 8.92. The standard InChI is InChI=1S/C19H23N5O4/c1-22-16(20)15(18(27)23(2)19(22)28)14(25)10-24(13-7-8-13)9-11-3-5-12(6-4-11)17(21)26/h3-6,13H,7-10,20H2,1-2H3,(H2,21,26). The van der Waals surface area contributed by atoms with Gasteiger partial charge in [-0.25, -0.2) is 4.79 Å². The van der Waals surface area contributed by atoms with Gasteiger partial charge in [0.15, 0.2) is 5.78 Å². The second-order valence-corrected chi connectivity index (χ2v) is 7.09. The molecule has 0 atom stereocenters. The molecule has 148 valence electrons. The van der Waals surface area contributed by atoms with E-state index in [0.717, 1.165) is 27.5 Å². The van der Waals surface area contributed by atoms with Crippen LogP contribution in [-0.2, 0) is 20.6 Å². The number of nitrogens with two attached hydrogens (primary N) is 2. The lowest BCUT2D eigenvalue weighted by Gasteiger charge is -2.22. The van der Waals surface area contributed by atoms with E-state index in [1.807, 2.05) is 4.90 Å². The van der Waals surface area contributed by atoms with E-state index in [4.69, 9.17) is 11.5 Å². The fourth-order valence-corrected chi connectivity index (χ4v) is 3.15. The number of Topliss-reactive ketones (excluding diaryl/α,β-unsaturated/α-hetero) is 1. The van der Waals surface area contributed by atoms with Crippen molar-refractivity contribution in [2.75, 3.05) is 12.3 Å². The van der Waals surface area contributed by atoms with E-state index in [1.54, 1.807) is 24.3 Å². The maximum atomic E-state index is 12.9. The van der Waals surface area contributed by atoms with Crippen molar-refractivity contribution in [2.24, 2.45) is 19.8 Å². The monoisotopic (exact) mass is 385 g/mol. The number of carbonyl (C=O) groups is 2. The van der Waals surface area contributed by atoms with Gasteiger partial charge in [0, 0.05) is 32.2 Å². The van der Waals surface area contributed by atoms with E-state index < -0.39 is 22.9 Å². The molecule has 0 spiro atoms. The van der Waals surface area contributed by atoms with Gasteiger partial charge in [-0.15, -0.1) is 0 Å². The van der Waals surface area contributed by atoms with Gasteiger partial charge in [-0.05, 0) is 30.5 Å².